The summed E-state index contributed by atoms with van der Waals surface area (Å²) in [5, 5.41) is 9.16. The van der Waals surface area contributed by atoms with Gasteiger partial charge in [-0.05, 0) is 29.4 Å². The Morgan fingerprint density at radius 1 is 1.29 bits per heavy atom. The van der Waals surface area contributed by atoms with Crippen LogP contribution in [0.2, 0.25) is 0 Å². The van der Waals surface area contributed by atoms with E-state index in [2.05, 4.69) is 20.8 Å². The summed E-state index contributed by atoms with van der Waals surface area (Å²) in [6.45, 7) is 9.14. The van der Waals surface area contributed by atoms with Crippen LogP contribution in [0.1, 0.15) is 39.7 Å². The molecular formula is C19H27NO4. The molecule has 0 bridgehead atoms. The van der Waals surface area contributed by atoms with E-state index in [4.69, 9.17) is 9.84 Å². The molecule has 132 valence electrons. The summed E-state index contributed by atoms with van der Waals surface area (Å²) >= 11 is 0. The smallest absolute Gasteiger partial charge is 0.306 e. The van der Waals surface area contributed by atoms with Gasteiger partial charge in [0.05, 0.1) is 5.92 Å². The molecule has 1 aromatic carbocycles. The van der Waals surface area contributed by atoms with E-state index in [1.54, 1.807) is 4.90 Å². The van der Waals surface area contributed by atoms with Crippen molar-refractivity contribution in [2.24, 2.45) is 11.8 Å². The zero-order valence-corrected chi connectivity index (χ0v) is 14.9. The van der Waals surface area contributed by atoms with Crippen LogP contribution in [0, 0.1) is 11.8 Å². The molecule has 5 nitrogen and oxygen atoms in total. The third-order valence-electron chi connectivity index (χ3n) is 4.62. The van der Waals surface area contributed by atoms with Crippen LogP contribution in [0.5, 0.6) is 5.75 Å². The number of rotatable bonds is 4. The Bertz CT molecular complexity index is 606. The lowest BCUT2D eigenvalue weighted by Gasteiger charge is -2.35. The fourth-order valence-electron chi connectivity index (χ4n) is 3.18. The summed E-state index contributed by atoms with van der Waals surface area (Å²) in [6, 6.07) is 7.76. The summed E-state index contributed by atoms with van der Waals surface area (Å²) in [4.78, 5) is 25.3. The van der Waals surface area contributed by atoms with E-state index < -0.39 is 5.97 Å². The molecule has 1 N–H and O–H groups in total. The minimum atomic E-state index is -0.773. The van der Waals surface area contributed by atoms with Crippen LogP contribution in [0.15, 0.2) is 24.3 Å². The van der Waals surface area contributed by atoms with Gasteiger partial charge in [-0.15, -0.1) is 0 Å². The lowest BCUT2D eigenvalue weighted by Crippen LogP contribution is -2.46. The first-order valence-electron chi connectivity index (χ1n) is 8.43. The molecule has 1 heterocycles. The van der Waals surface area contributed by atoms with Crippen molar-refractivity contribution in [1.29, 1.82) is 0 Å². The van der Waals surface area contributed by atoms with E-state index in [0.29, 0.717) is 19.5 Å². The minimum absolute atomic E-state index is 0.0163. The minimum Gasteiger partial charge on any atom is -0.483 e. The Morgan fingerprint density at radius 3 is 2.54 bits per heavy atom. The lowest BCUT2D eigenvalue weighted by molar-refractivity contribution is -0.148. The number of carbonyl (C=O) groups excluding carboxylic acids is 1. The van der Waals surface area contributed by atoms with Crippen LogP contribution in [-0.4, -0.2) is 41.6 Å². The van der Waals surface area contributed by atoms with Gasteiger partial charge in [-0.25, -0.2) is 0 Å². The first-order chi connectivity index (χ1) is 11.2. The Kier molecular flexibility index (Phi) is 5.52. The van der Waals surface area contributed by atoms with Crippen LogP contribution in [0.25, 0.3) is 0 Å². The molecule has 0 saturated carbocycles. The quantitative estimate of drug-likeness (QED) is 0.920. The topological polar surface area (TPSA) is 66.8 Å². The van der Waals surface area contributed by atoms with Crippen LogP contribution in [0.4, 0.5) is 0 Å². The van der Waals surface area contributed by atoms with Crippen molar-refractivity contribution in [3.63, 3.8) is 0 Å². The van der Waals surface area contributed by atoms with Crippen LogP contribution >= 0.6 is 0 Å². The molecule has 2 unspecified atom stereocenters. The Labute approximate surface area is 143 Å². The standard InChI is InChI=1S/C19H27NO4/c1-13-11-20(10-9-14(13)18(22)23)17(21)12-24-16-8-6-5-7-15(16)19(2,3)4/h5-8,13-14H,9-12H2,1-4H3,(H,22,23). The number of benzene rings is 1. The van der Waals surface area contributed by atoms with Crippen molar-refractivity contribution in [3.8, 4) is 5.75 Å². The third kappa shape index (κ3) is 4.28. The molecule has 1 aliphatic heterocycles. The fraction of sp³-hybridized carbons (Fsp3) is 0.579. The van der Waals surface area contributed by atoms with Gasteiger partial charge < -0.3 is 14.7 Å². The van der Waals surface area contributed by atoms with Crippen molar-refractivity contribution in [2.75, 3.05) is 19.7 Å². The normalized spacial score (nSPS) is 21.4. The summed E-state index contributed by atoms with van der Waals surface area (Å²) < 4.78 is 5.78. The van der Waals surface area contributed by atoms with Crippen LogP contribution in [0.3, 0.4) is 0 Å². The molecule has 1 amide bonds. The highest BCUT2D eigenvalue weighted by Crippen LogP contribution is 2.31. The number of ether oxygens (including phenoxy) is 1. The van der Waals surface area contributed by atoms with Crippen molar-refractivity contribution in [2.45, 2.75) is 39.5 Å². The second-order valence-corrected chi connectivity index (χ2v) is 7.59. The van der Waals surface area contributed by atoms with Crippen LogP contribution in [-0.2, 0) is 15.0 Å². The number of likely N-dealkylation sites (tertiary alicyclic amines) is 1. The highest BCUT2D eigenvalue weighted by molar-refractivity contribution is 5.78. The number of aliphatic carboxylic acids is 1. The van der Waals surface area contributed by atoms with Gasteiger partial charge in [0.2, 0.25) is 0 Å². The SMILES string of the molecule is CC1CN(C(=O)COc2ccccc2C(C)(C)C)CCC1C(=O)O. The maximum atomic E-state index is 12.4. The van der Waals surface area contributed by atoms with E-state index in [1.165, 1.54) is 0 Å². The van der Waals surface area contributed by atoms with Crippen LogP contribution < -0.4 is 4.74 Å². The van der Waals surface area contributed by atoms with Gasteiger partial charge in [-0.3, -0.25) is 9.59 Å². The molecule has 0 radical (unpaired) electrons. The molecule has 1 fully saturated rings. The Hall–Kier alpha value is -2.04. The highest BCUT2D eigenvalue weighted by Gasteiger charge is 2.33. The Morgan fingerprint density at radius 2 is 1.96 bits per heavy atom. The number of nitrogens with zero attached hydrogens (tertiary/aromatic N) is 1. The van der Waals surface area contributed by atoms with Gasteiger partial charge in [0.25, 0.3) is 5.91 Å². The molecule has 1 aromatic rings. The number of carbonyl (C=O) groups is 2. The molecule has 2 rings (SSSR count). The molecule has 0 aliphatic carbocycles. The van der Waals surface area contributed by atoms with Gasteiger partial charge in [0.1, 0.15) is 5.75 Å². The van der Waals surface area contributed by atoms with Gasteiger partial charge in [-0.2, -0.15) is 0 Å². The van der Waals surface area contributed by atoms with Crippen molar-refractivity contribution >= 4 is 11.9 Å². The summed E-state index contributed by atoms with van der Waals surface area (Å²) in [6.07, 6.45) is 0.501. The summed E-state index contributed by atoms with van der Waals surface area (Å²) in [5.74, 6) is -0.537. The molecule has 5 heteroatoms. The Balaban J connectivity index is 1.97. The number of amides is 1. The third-order valence-corrected chi connectivity index (χ3v) is 4.62. The number of para-hydroxylation sites is 1. The van der Waals surface area contributed by atoms with Gasteiger partial charge in [0.15, 0.2) is 6.61 Å². The average molecular weight is 333 g/mol. The first kappa shape index (κ1) is 18.3. The molecule has 2 atom stereocenters. The average Bonchev–Trinajstić information content (AvgIpc) is 2.51. The monoisotopic (exact) mass is 333 g/mol. The molecule has 1 aliphatic rings. The fourth-order valence-corrected chi connectivity index (χ4v) is 3.18. The number of hydrogen-bond acceptors (Lipinski definition) is 3. The van der Waals surface area contributed by atoms with Crippen molar-refractivity contribution < 1.29 is 19.4 Å². The van der Waals surface area contributed by atoms with E-state index in [9.17, 15) is 9.59 Å². The molecular weight excluding hydrogens is 306 g/mol. The number of hydrogen-bond donors (Lipinski definition) is 1. The predicted molar refractivity (Wildman–Crippen MR) is 92.1 cm³/mol. The second-order valence-electron chi connectivity index (χ2n) is 7.59. The van der Waals surface area contributed by atoms with Gasteiger partial charge in [0, 0.05) is 13.1 Å². The summed E-state index contributed by atoms with van der Waals surface area (Å²) in [5.41, 5.74) is 1.00. The lowest BCUT2D eigenvalue weighted by atomic mass is 9.86. The molecule has 0 spiro atoms. The number of carboxylic acid groups (broad SMARTS) is 1. The van der Waals surface area contributed by atoms with Gasteiger partial charge >= 0.3 is 5.97 Å². The highest BCUT2D eigenvalue weighted by atomic mass is 16.5. The number of carboxylic acids is 1. The maximum absolute atomic E-state index is 12.4. The molecule has 1 saturated heterocycles. The zero-order chi connectivity index (χ0) is 17.9. The predicted octanol–water partition coefficient (Wildman–Crippen LogP) is 2.93. The maximum Gasteiger partial charge on any atom is 0.306 e. The van der Waals surface area contributed by atoms with Crippen molar-refractivity contribution in [1.82, 2.24) is 4.90 Å². The number of piperidine rings is 1. The zero-order valence-electron chi connectivity index (χ0n) is 14.9. The largest absolute Gasteiger partial charge is 0.483 e. The van der Waals surface area contributed by atoms with E-state index in [-0.39, 0.29) is 29.8 Å². The molecule has 24 heavy (non-hydrogen) atoms. The van der Waals surface area contributed by atoms with Gasteiger partial charge in [-0.1, -0.05) is 45.9 Å². The first-order valence-corrected chi connectivity index (χ1v) is 8.43. The molecule has 0 aromatic heterocycles. The van der Waals surface area contributed by atoms with Crippen molar-refractivity contribution in [3.05, 3.63) is 29.8 Å². The van der Waals surface area contributed by atoms with E-state index in [0.717, 1.165) is 11.3 Å². The van der Waals surface area contributed by atoms with E-state index in [1.807, 2.05) is 31.2 Å². The van der Waals surface area contributed by atoms with E-state index >= 15 is 0 Å². The second kappa shape index (κ2) is 7.24. The summed E-state index contributed by atoms with van der Waals surface area (Å²) in [7, 11) is 0.